The first-order valence-corrected chi connectivity index (χ1v) is 10.7. The predicted octanol–water partition coefficient (Wildman–Crippen LogP) is 3.55. The van der Waals surface area contributed by atoms with E-state index in [1.165, 1.54) is 6.07 Å². The van der Waals surface area contributed by atoms with Crippen LogP contribution < -0.4 is 20.1 Å². The van der Waals surface area contributed by atoms with Crippen molar-refractivity contribution in [2.75, 3.05) is 12.1 Å². The van der Waals surface area contributed by atoms with Gasteiger partial charge in [0, 0.05) is 37.3 Å². The third-order valence-electron chi connectivity index (χ3n) is 6.31. The zero-order valence-corrected chi connectivity index (χ0v) is 18.7. The molecule has 0 saturated heterocycles. The van der Waals surface area contributed by atoms with Crippen LogP contribution in [0.15, 0.2) is 24.3 Å². The Morgan fingerprint density at radius 1 is 1.21 bits per heavy atom. The number of rotatable bonds is 4. The van der Waals surface area contributed by atoms with Gasteiger partial charge in [0.2, 0.25) is 6.79 Å². The molecule has 180 valence electrons. The average molecular weight is 476 g/mol. The monoisotopic (exact) mass is 476 g/mol. The van der Waals surface area contributed by atoms with Crippen molar-refractivity contribution < 1.29 is 27.4 Å². The number of amides is 1. The highest BCUT2D eigenvalue weighted by Crippen LogP contribution is 2.45. The molecule has 2 aliphatic rings. The number of fused-ring (bicyclic) bond motifs is 2. The maximum atomic E-state index is 14.0. The van der Waals surface area contributed by atoms with Crippen LogP contribution in [0.25, 0.3) is 0 Å². The summed E-state index contributed by atoms with van der Waals surface area (Å²) in [5.41, 5.74) is 3.05. The number of aryl methyl sites for hydroxylation is 2. The molecule has 0 unspecified atom stereocenters. The number of aromatic nitrogens is 4. The molecule has 2 N–H and O–H groups in total. The average Bonchev–Trinajstić information content (AvgIpc) is 3.48. The van der Waals surface area contributed by atoms with E-state index in [0.717, 1.165) is 21.6 Å². The van der Waals surface area contributed by atoms with Crippen molar-refractivity contribution in [3.63, 3.8) is 0 Å². The number of hydrogen-bond acceptors (Lipinski definition) is 6. The number of hydrogen-bond donors (Lipinski definition) is 2. The lowest BCUT2D eigenvalue weighted by molar-refractivity contribution is -0.173. The fourth-order valence-corrected chi connectivity index (χ4v) is 4.37. The number of benzene rings is 1. The van der Waals surface area contributed by atoms with Crippen molar-refractivity contribution in [2.45, 2.75) is 45.1 Å². The molecule has 1 amide bonds. The first-order chi connectivity index (χ1) is 16.1. The topological polar surface area (TPSA) is 95.2 Å². The van der Waals surface area contributed by atoms with E-state index in [0.29, 0.717) is 17.1 Å². The molecule has 0 bridgehead atoms. The molecule has 0 radical (unpaired) electrons. The van der Waals surface area contributed by atoms with E-state index >= 15 is 0 Å². The molecular formula is C22H23F3N6O3. The van der Waals surface area contributed by atoms with Crippen molar-refractivity contribution in [2.24, 2.45) is 7.05 Å². The maximum Gasteiger partial charge on any atom is 0.410 e. The Kier molecular flexibility index (Phi) is 5.18. The summed E-state index contributed by atoms with van der Waals surface area (Å²) in [6.07, 6.45) is -4.83. The normalized spacial score (nSPS) is 19.0. The minimum atomic E-state index is -4.55. The minimum Gasteiger partial charge on any atom is -0.454 e. The van der Waals surface area contributed by atoms with Crippen molar-refractivity contribution in [3.05, 3.63) is 52.5 Å². The maximum absolute atomic E-state index is 14.0. The van der Waals surface area contributed by atoms with Gasteiger partial charge in [0.05, 0.1) is 11.7 Å². The van der Waals surface area contributed by atoms with Crippen molar-refractivity contribution >= 4 is 11.7 Å². The number of alkyl halides is 3. The second-order valence-electron chi connectivity index (χ2n) is 8.42. The molecule has 34 heavy (non-hydrogen) atoms. The Labute approximate surface area is 192 Å². The van der Waals surface area contributed by atoms with Crippen LogP contribution in [-0.4, -0.2) is 38.4 Å². The van der Waals surface area contributed by atoms with Crippen molar-refractivity contribution in [3.8, 4) is 11.5 Å². The first-order valence-electron chi connectivity index (χ1n) is 10.7. The van der Waals surface area contributed by atoms with Crippen molar-refractivity contribution in [1.82, 2.24) is 24.9 Å². The van der Waals surface area contributed by atoms with Crippen LogP contribution in [0.1, 0.15) is 51.5 Å². The minimum absolute atomic E-state index is 0.0748. The van der Waals surface area contributed by atoms with Gasteiger partial charge >= 0.3 is 6.18 Å². The quantitative estimate of drug-likeness (QED) is 0.598. The number of anilines is 1. The van der Waals surface area contributed by atoms with Crippen LogP contribution in [0.5, 0.6) is 11.5 Å². The molecule has 2 aromatic heterocycles. The summed E-state index contributed by atoms with van der Waals surface area (Å²) < 4.78 is 55.1. The standard InChI is InChI=1S/C22H23F3N6O3/c1-11-14(12(2)30(3)28-11)9-26-21(32)16-8-20-27-15(7-19(22(23,24)25)31(20)29-16)13-4-5-17-18(6-13)34-10-33-17/h4-6,8,15,19,27H,7,9-10H2,1-3H3,(H,26,32)/t15-,19-/m0/s1. The summed E-state index contributed by atoms with van der Waals surface area (Å²) in [6.45, 7) is 3.98. The summed E-state index contributed by atoms with van der Waals surface area (Å²) in [4.78, 5) is 12.7. The van der Waals surface area contributed by atoms with Crippen LogP contribution in [0.3, 0.4) is 0 Å². The lowest BCUT2D eigenvalue weighted by Gasteiger charge is -2.33. The summed E-state index contributed by atoms with van der Waals surface area (Å²) in [6, 6.07) is 3.86. The number of halogens is 3. The molecule has 0 fully saturated rings. The van der Waals surface area contributed by atoms with E-state index in [1.807, 2.05) is 13.8 Å². The van der Waals surface area contributed by atoms with Crippen LogP contribution in [-0.2, 0) is 13.6 Å². The fraction of sp³-hybridized carbons (Fsp3) is 0.409. The second-order valence-corrected chi connectivity index (χ2v) is 8.42. The van der Waals surface area contributed by atoms with E-state index in [4.69, 9.17) is 9.47 Å². The first kappa shape index (κ1) is 22.1. The van der Waals surface area contributed by atoms with Gasteiger partial charge < -0.3 is 20.1 Å². The Bertz CT molecular complexity index is 1270. The Balaban J connectivity index is 1.40. The van der Waals surface area contributed by atoms with Gasteiger partial charge in [0.15, 0.2) is 23.2 Å². The van der Waals surface area contributed by atoms with Gasteiger partial charge in [0.1, 0.15) is 5.82 Å². The molecule has 2 aliphatic heterocycles. The molecule has 4 heterocycles. The van der Waals surface area contributed by atoms with Gasteiger partial charge in [-0.3, -0.25) is 9.48 Å². The van der Waals surface area contributed by atoms with E-state index in [1.54, 1.807) is 29.9 Å². The fourth-order valence-electron chi connectivity index (χ4n) is 4.37. The highest BCUT2D eigenvalue weighted by molar-refractivity contribution is 5.93. The zero-order valence-electron chi connectivity index (χ0n) is 18.7. The Morgan fingerprint density at radius 3 is 2.68 bits per heavy atom. The summed E-state index contributed by atoms with van der Waals surface area (Å²) >= 11 is 0. The molecule has 1 aromatic carbocycles. The number of nitrogens with one attached hydrogen (secondary N) is 2. The van der Waals surface area contributed by atoms with Crippen molar-refractivity contribution in [1.29, 1.82) is 0 Å². The third-order valence-corrected chi connectivity index (χ3v) is 6.31. The summed E-state index contributed by atoms with van der Waals surface area (Å²) in [7, 11) is 1.80. The molecule has 9 nitrogen and oxygen atoms in total. The lowest BCUT2D eigenvalue weighted by atomic mass is 9.96. The highest BCUT2D eigenvalue weighted by Gasteiger charge is 2.47. The number of carbonyl (C=O) groups is 1. The van der Waals surface area contributed by atoms with Crippen LogP contribution >= 0.6 is 0 Å². The zero-order chi connectivity index (χ0) is 24.2. The summed E-state index contributed by atoms with van der Waals surface area (Å²) in [5.74, 6) is 0.597. The number of ether oxygens (including phenoxy) is 2. The van der Waals surface area contributed by atoms with Gasteiger partial charge in [-0.05, 0) is 31.5 Å². The predicted molar refractivity (Wildman–Crippen MR) is 115 cm³/mol. The smallest absolute Gasteiger partial charge is 0.410 e. The second kappa shape index (κ2) is 7.96. The van der Waals surface area contributed by atoms with Crippen LogP contribution in [0.4, 0.5) is 19.0 Å². The van der Waals surface area contributed by atoms with Gasteiger partial charge in [-0.15, -0.1) is 0 Å². The van der Waals surface area contributed by atoms with Gasteiger partial charge in [-0.25, -0.2) is 4.68 Å². The van der Waals surface area contributed by atoms with E-state index in [9.17, 15) is 18.0 Å². The summed E-state index contributed by atoms with van der Waals surface area (Å²) in [5, 5.41) is 14.1. The molecule has 0 spiro atoms. The van der Waals surface area contributed by atoms with E-state index in [2.05, 4.69) is 20.8 Å². The SMILES string of the molecule is Cc1nn(C)c(C)c1CNC(=O)c1cc2n(n1)[C@H](C(F)(F)F)C[C@@H](c1ccc3c(c1)OCO3)N2. The molecule has 0 saturated carbocycles. The number of carbonyl (C=O) groups excluding carboxylic acids is 1. The van der Waals surface area contributed by atoms with E-state index in [-0.39, 0.29) is 31.3 Å². The Morgan fingerprint density at radius 2 is 1.97 bits per heavy atom. The third kappa shape index (κ3) is 3.82. The van der Waals surface area contributed by atoms with Crippen LogP contribution in [0, 0.1) is 13.8 Å². The van der Waals surface area contributed by atoms with Gasteiger partial charge in [-0.1, -0.05) is 6.07 Å². The molecule has 12 heteroatoms. The number of nitrogens with zero attached hydrogens (tertiary/aromatic N) is 4. The highest BCUT2D eigenvalue weighted by atomic mass is 19.4. The molecule has 3 aromatic rings. The van der Waals surface area contributed by atoms with E-state index < -0.39 is 24.2 Å². The van der Waals surface area contributed by atoms with Gasteiger partial charge in [-0.2, -0.15) is 23.4 Å². The largest absolute Gasteiger partial charge is 0.454 e. The molecular weight excluding hydrogens is 453 g/mol. The van der Waals surface area contributed by atoms with Gasteiger partial charge in [0.25, 0.3) is 5.91 Å². The van der Waals surface area contributed by atoms with Crippen LogP contribution in [0.2, 0.25) is 0 Å². The lowest BCUT2D eigenvalue weighted by Crippen LogP contribution is -2.35. The Hall–Kier alpha value is -3.70. The molecule has 2 atom stereocenters. The molecule has 0 aliphatic carbocycles. The molecule has 5 rings (SSSR count).